The van der Waals surface area contributed by atoms with Crippen molar-refractivity contribution in [2.75, 3.05) is 5.75 Å². The highest BCUT2D eigenvalue weighted by Crippen LogP contribution is 2.43. The predicted octanol–water partition coefficient (Wildman–Crippen LogP) is 7.45. The molecule has 2 heterocycles. The van der Waals surface area contributed by atoms with Gasteiger partial charge in [0.15, 0.2) is 6.29 Å². The molecule has 0 unspecified atom stereocenters. The van der Waals surface area contributed by atoms with Gasteiger partial charge in [-0.1, -0.05) is 91.9 Å². The van der Waals surface area contributed by atoms with Crippen LogP contribution >= 0.6 is 11.8 Å². The van der Waals surface area contributed by atoms with Gasteiger partial charge in [-0.15, -0.1) is 11.8 Å². The van der Waals surface area contributed by atoms with Crippen LogP contribution in [0, 0.1) is 5.92 Å². The van der Waals surface area contributed by atoms with Crippen LogP contribution in [0.1, 0.15) is 62.3 Å². The number of aromatic carboxylic acids is 1. The molecule has 9 heteroatoms. The molecular weight excluding hydrogens is 625 g/mol. The van der Waals surface area contributed by atoms with Crippen LogP contribution in [0.2, 0.25) is 0 Å². The molecule has 4 atom stereocenters. The lowest BCUT2D eigenvalue weighted by molar-refractivity contribution is -0.268. The van der Waals surface area contributed by atoms with Gasteiger partial charge < -0.3 is 25.0 Å². The minimum absolute atomic E-state index is 0.0417. The molecule has 5 aromatic rings. The Hall–Kier alpha value is -4.80. The Morgan fingerprint density at radius 1 is 0.812 bits per heavy atom. The molecule has 244 valence electrons. The van der Waals surface area contributed by atoms with Crippen molar-refractivity contribution >= 4 is 23.6 Å². The van der Waals surface area contributed by atoms with E-state index in [4.69, 9.17) is 9.47 Å². The van der Waals surface area contributed by atoms with Crippen molar-refractivity contribution in [2.24, 2.45) is 5.92 Å². The number of aromatic nitrogens is 1. The molecule has 1 aliphatic rings. The number of carbonyl (C=O) groups excluding carboxylic acids is 1. The number of hydrogen-bond donors (Lipinski definition) is 3. The number of carboxylic acid groups (broad SMARTS) is 1. The van der Waals surface area contributed by atoms with E-state index in [9.17, 15) is 19.8 Å². The van der Waals surface area contributed by atoms with Crippen molar-refractivity contribution in [3.05, 3.63) is 155 Å². The van der Waals surface area contributed by atoms with E-state index < -0.39 is 12.3 Å². The van der Waals surface area contributed by atoms with Crippen molar-refractivity contribution < 1.29 is 29.3 Å². The van der Waals surface area contributed by atoms with Gasteiger partial charge in [-0.05, 0) is 58.1 Å². The zero-order valence-electron chi connectivity index (χ0n) is 26.4. The van der Waals surface area contributed by atoms with E-state index in [0.29, 0.717) is 22.9 Å². The number of thioether (sulfide) groups is 1. The van der Waals surface area contributed by atoms with Crippen molar-refractivity contribution in [3.63, 3.8) is 0 Å². The van der Waals surface area contributed by atoms with Gasteiger partial charge in [0.05, 0.1) is 24.4 Å². The molecule has 0 spiro atoms. The normalized spacial score (nSPS) is 19.0. The van der Waals surface area contributed by atoms with Crippen molar-refractivity contribution in [2.45, 2.75) is 43.6 Å². The third-order valence-corrected chi connectivity index (χ3v) is 9.54. The van der Waals surface area contributed by atoms with Gasteiger partial charge >= 0.3 is 5.97 Å². The number of aliphatic hydroxyl groups excluding tert-OH is 1. The molecule has 0 aliphatic carbocycles. The Balaban J connectivity index is 1.19. The number of hydrogen-bond acceptors (Lipinski definition) is 7. The summed E-state index contributed by atoms with van der Waals surface area (Å²) in [5.74, 6) is -0.715. The second-order valence-corrected chi connectivity index (χ2v) is 12.7. The van der Waals surface area contributed by atoms with E-state index in [-0.39, 0.29) is 36.2 Å². The van der Waals surface area contributed by atoms with Gasteiger partial charge in [-0.25, -0.2) is 9.78 Å². The van der Waals surface area contributed by atoms with Gasteiger partial charge in [0.25, 0.3) is 5.91 Å². The van der Waals surface area contributed by atoms with E-state index in [0.717, 1.165) is 33.4 Å². The van der Waals surface area contributed by atoms with Gasteiger partial charge in [0.1, 0.15) is 5.03 Å². The van der Waals surface area contributed by atoms with Crippen molar-refractivity contribution in [1.29, 1.82) is 0 Å². The van der Waals surface area contributed by atoms with E-state index in [2.05, 4.69) is 23.3 Å². The lowest BCUT2D eigenvalue weighted by Crippen LogP contribution is -2.38. The molecule has 48 heavy (non-hydrogen) atoms. The lowest BCUT2D eigenvalue weighted by Gasteiger charge is -2.41. The average Bonchev–Trinajstić information content (AvgIpc) is 3.14. The fourth-order valence-electron chi connectivity index (χ4n) is 5.71. The summed E-state index contributed by atoms with van der Waals surface area (Å²) < 4.78 is 13.2. The molecule has 8 nitrogen and oxygen atoms in total. The van der Waals surface area contributed by atoms with Crippen molar-refractivity contribution in [1.82, 2.24) is 10.3 Å². The van der Waals surface area contributed by atoms with Gasteiger partial charge in [0.2, 0.25) is 0 Å². The number of benzene rings is 4. The third kappa shape index (κ3) is 7.83. The first-order valence-corrected chi connectivity index (χ1v) is 16.7. The molecule has 3 N–H and O–H groups in total. The van der Waals surface area contributed by atoms with Crippen LogP contribution in [-0.4, -0.2) is 38.9 Å². The van der Waals surface area contributed by atoms with E-state index in [1.54, 1.807) is 30.5 Å². The molecule has 1 amide bonds. The number of ether oxygens (including phenoxy) is 2. The Labute approximate surface area is 283 Å². The fraction of sp³-hybridized carbons (Fsp3) is 0.205. The molecule has 6 rings (SSSR count). The second-order valence-electron chi connectivity index (χ2n) is 11.7. The summed E-state index contributed by atoms with van der Waals surface area (Å²) in [7, 11) is 0. The van der Waals surface area contributed by atoms with Crippen LogP contribution in [-0.2, 0) is 22.6 Å². The number of pyridine rings is 1. The lowest BCUT2D eigenvalue weighted by atomic mass is 9.91. The highest BCUT2D eigenvalue weighted by molar-refractivity contribution is 7.99. The molecule has 0 bridgehead atoms. The summed E-state index contributed by atoms with van der Waals surface area (Å²) in [5.41, 5.74) is 6.45. The molecule has 0 radical (unpaired) electrons. The second kappa shape index (κ2) is 15.4. The zero-order chi connectivity index (χ0) is 33.5. The molecule has 1 aliphatic heterocycles. The average molecular weight is 661 g/mol. The number of rotatable bonds is 11. The highest BCUT2D eigenvalue weighted by atomic mass is 32.2. The summed E-state index contributed by atoms with van der Waals surface area (Å²) in [6.45, 7) is 2.44. The number of carboxylic acids is 1. The zero-order valence-corrected chi connectivity index (χ0v) is 27.2. The summed E-state index contributed by atoms with van der Waals surface area (Å²) in [6, 6.07) is 36.2. The third-order valence-electron chi connectivity index (χ3n) is 8.44. The number of nitrogens with zero attached hydrogens (tertiary/aromatic N) is 1. The van der Waals surface area contributed by atoms with Crippen LogP contribution in [0.5, 0.6) is 0 Å². The van der Waals surface area contributed by atoms with Crippen LogP contribution in [0.4, 0.5) is 0 Å². The summed E-state index contributed by atoms with van der Waals surface area (Å²) in [6.07, 6.45) is 0.357. The monoisotopic (exact) mass is 660 g/mol. The largest absolute Gasteiger partial charge is 0.478 e. The topological polar surface area (TPSA) is 118 Å². The van der Waals surface area contributed by atoms with E-state index >= 15 is 0 Å². The number of nitrogens with one attached hydrogen (secondary N) is 1. The number of amides is 1. The van der Waals surface area contributed by atoms with Gasteiger partial charge in [0, 0.05) is 35.5 Å². The SMILES string of the molecule is C[C@H]1[C@@H](CSc2ncccc2C(=O)O)O[C@@H](c2ccc(-c3cccc(CNC(=O)c4ccccc4)c3)cc2)O[C@H]1c1ccc(CO)cc1. The molecule has 1 aromatic heterocycles. The Morgan fingerprint density at radius 3 is 2.29 bits per heavy atom. The molecule has 1 fully saturated rings. The van der Waals surface area contributed by atoms with Gasteiger partial charge in [-0.3, -0.25) is 4.79 Å². The first kappa shape index (κ1) is 33.1. The molecular formula is C39H36N2O6S. The Morgan fingerprint density at radius 2 is 1.56 bits per heavy atom. The molecule has 4 aromatic carbocycles. The van der Waals surface area contributed by atoms with Crippen LogP contribution in [0.15, 0.2) is 126 Å². The van der Waals surface area contributed by atoms with Crippen molar-refractivity contribution in [3.8, 4) is 11.1 Å². The molecule has 0 saturated carbocycles. The standard InChI is InChI=1S/C39H36N2O6S/c1-25-34(24-48-37-33(38(44)45)11-6-20-40-37)46-39(47-35(25)29-14-12-26(23-42)13-15-29)31-18-16-28(17-19-31)32-10-5-7-27(21-32)22-41-36(43)30-8-3-2-4-9-30/h2-21,25,34-35,39,42H,22-24H2,1H3,(H,41,43)(H,44,45)/t25-,34+,35+,39+/m0/s1. The Bertz CT molecular complexity index is 1850. The van der Waals surface area contributed by atoms with Crippen LogP contribution < -0.4 is 5.32 Å². The maximum Gasteiger partial charge on any atom is 0.338 e. The first-order valence-electron chi connectivity index (χ1n) is 15.7. The number of aliphatic hydroxyl groups is 1. The minimum atomic E-state index is -1.02. The fourth-order valence-corrected chi connectivity index (χ4v) is 6.86. The maximum absolute atomic E-state index is 12.5. The van der Waals surface area contributed by atoms with E-state index in [1.807, 2.05) is 84.9 Å². The minimum Gasteiger partial charge on any atom is -0.478 e. The maximum atomic E-state index is 12.5. The van der Waals surface area contributed by atoms with Crippen LogP contribution in [0.3, 0.4) is 0 Å². The summed E-state index contributed by atoms with van der Waals surface area (Å²) in [5, 5.41) is 22.6. The Kier molecular flexibility index (Phi) is 10.6. The van der Waals surface area contributed by atoms with E-state index in [1.165, 1.54) is 11.8 Å². The summed E-state index contributed by atoms with van der Waals surface area (Å²) >= 11 is 1.36. The number of carbonyl (C=O) groups is 2. The first-order chi connectivity index (χ1) is 23.4. The quantitative estimate of drug-likeness (QED) is 0.125. The summed E-state index contributed by atoms with van der Waals surface area (Å²) in [4.78, 5) is 28.6. The highest BCUT2D eigenvalue weighted by Gasteiger charge is 2.38. The molecule has 1 saturated heterocycles. The van der Waals surface area contributed by atoms with Gasteiger partial charge in [-0.2, -0.15) is 0 Å². The smallest absolute Gasteiger partial charge is 0.338 e. The predicted molar refractivity (Wildman–Crippen MR) is 184 cm³/mol. The van der Waals surface area contributed by atoms with Crippen LogP contribution in [0.25, 0.3) is 11.1 Å².